The molecule has 0 spiro atoms. The Morgan fingerprint density at radius 2 is 1.76 bits per heavy atom. The van der Waals surface area contributed by atoms with Gasteiger partial charge in [-0.25, -0.2) is 0 Å². The van der Waals surface area contributed by atoms with E-state index in [4.69, 9.17) is 0 Å². The summed E-state index contributed by atoms with van der Waals surface area (Å²) in [6.07, 6.45) is 0. The lowest BCUT2D eigenvalue weighted by Gasteiger charge is -2.06. The van der Waals surface area contributed by atoms with Gasteiger partial charge in [0.05, 0.1) is 5.52 Å². The number of aryl methyl sites for hydroxylation is 2. The molecule has 104 valence electrons. The summed E-state index contributed by atoms with van der Waals surface area (Å²) in [5.41, 5.74) is 4.33. The molecule has 0 radical (unpaired) electrons. The van der Waals surface area contributed by atoms with Gasteiger partial charge in [-0.1, -0.05) is 22.0 Å². The summed E-state index contributed by atoms with van der Waals surface area (Å²) in [6.45, 7) is 3.94. The minimum Gasteiger partial charge on any atom is -0.289 e. The Kier molecular flexibility index (Phi) is 3.60. The van der Waals surface area contributed by atoms with Crippen molar-refractivity contribution in [2.75, 3.05) is 0 Å². The summed E-state index contributed by atoms with van der Waals surface area (Å²) < 4.78 is 0.920. The van der Waals surface area contributed by atoms with Gasteiger partial charge in [-0.2, -0.15) is 0 Å². The highest BCUT2D eigenvalue weighted by molar-refractivity contribution is 9.10. The molecule has 0 amide bonds. The zero-order chi connectivity index (χ0) is 15.0. The second-order valence-electron chi connectivity index (χ2n) is 5.21. The molecular weight excluding hydrogens is 326 g/mol. The molecule has 2 nitrogen and oxygen atoms in total. The topological polar surface area (TPSA) is 30.0 Å². The first-order valence-electron chi connectivity index (χ1n) is 6.72. The van der Waals surface area contributed by atoms with Crippen LogP contribution in [0.1, 0.15) is 27.2 Å². The van der Waals surface area contributed by atoms with Crippen molar-refractivity contribution in [3.8, 4) is 0 Å². The normalized spacial score (nSPS) is 10.8. The molecule has 2 aromatic carbocycles. The lowest BCUT2D eigenvalue weighted by atomic mass is 10.00. The van der Waals surface area contributed by atoms with Crippen LogP contribution in [0.25, 0.3) is 10.9 Å². The molecule has 0 atom stereocenters. The molecule has 3 aromatic rings. The SMILES string of the molecule is Cc1cc(Br)cc(C(=O)c2ccc3nc(C)ccc3c2)c1. The maximum atomic E-state index is 12.6. The molecule has 0 aliphatic carbocycles. The Morgan fingerprint density at radius 3 is 2.52 bits per heavy atom. The lowest BCUT2D eigenvalue weighted by Crippen LogP contribution is -2.02. The van der Waals surface area contributed by atoms with E-state index in [2.05, 4.69) is 20.9 Å². The number of halogens is 1. The van der Waals surface area contributed by atoms with E-state index in [0.29, 0.717) is 11.1 Å². The molecule has 0 N–H and O–H groups in total. The Bertz CT molecular complexity index is 835. The zero-order valence-electron chi connectivity index (χ0n) is 11.9. The minimum absolute atomic E-state index is 0.0295. The Hall–Kier alpha value is -2.00. The van der Waals surface area contributed by atoms with Crippen molar-refractivity contribution in [2.24, 2.45) is 0 Å². The molecule has 3 rings (SSSR count). The molecule has 0 fully saturated rings. The highest BCUT2D eigenvalue weighted by Gasteiger charge is 2.11. The molecule has 0 aliphatic rings. The van der Waals surface area contributed by atoms with Crippen LogP contribution in [0.2, 0.25) is 0 Å². The average molecular weight is 340 g/mol. The number of aromatic nitrogens is 1. The maximum Gasteiger partial charge on any atom is 0.193 e. The molecule has 3 heteroatoms. The van der Waals surface area contributed by atoms with Crippen LogP contribution in [-0.2, 0) is 0 Å². The van der Waals surface area contributed by atoms with E-state index in [9.17, 15) is 4.79 Å². The van der Waals surface area contributed by atoms with E-state index in [1.165, 1.54) is 0 Å². The van der Waals surface area contributed by atoms with Crippen molar-refractivity contribution in [3.05, 3.63) is 75.4 Å². The number of rotatable bonds is 2. The van der Waals surface area contributed by atoms with Crippen LogP contribution in [-0.4, -0.2) is 10.8 Å². The first-order chi connectivity index (χ1) is 10.0. The summed E-state index contributed by atoms with van der Waals surface area (Å²) in [5.74, 6) is 0.0295. The number of fused-ring (bicyclic) bond motifs is 1. The van der Waals surface area contributed by atoms with Gasteiger partial charge in [0, 0.05) is 26.7 Å². The van der Waals surface area contributed by atoms with Crippen LogP contribution in [0.15, 0.2) is 53.0 Å². The Labute approximate surface area is 132 Å². The molecule has 0 aliphatic heterocycles. The van der Waals surface area contributed by atoms with Crippen LogP contribution in [0.5, 0.6) is 0 Å². The van der Waals surface area contributed by atoms with Crippen LogP contribution in [0.4, 0.5) is 0 Å². The molecule has 0 saturated carbocycles. The predicted octanol–water partition coefficient (Wildman–Crippen LogP) is 4.85. The first-order valence-corrected chi connectivity index (χ1v) is 7.51. The second-order valence-corrected chi connectivity index (χ2v) is 6.12. The largest absolute Gasteiger partial charge is 0.289 e. The van der Waals surface area contributed by atoms with Crippen molar-refractivity contribution >= 4 is 32.6 Å². The number of benzene rings is 2. The minimum atomic E-state index is 0.0295. The van der Waals surface area contributed by atoms with E-state index in [1.54, 1.807) is 0 Å². The van der Waals surface area contributed by atoms with E-state index in [-0.39, 0.29) is 5.78 Å². The Morgan fingerprint density at radius 1 is 0.952 bits per heavy atom. The molecular formula is C18H14BrNO. The number of carbonyl (C=O) groups excluding carboxylic acids is 1. The smallest absolute Gasteiger partial charge is 0.193 e. The van der Waals surface area contributed by atoms with Gasteiger partial charge in [-0.05, 0) is 61.9 Å². The third-order valence-electron chi connectivity index (χ3n) is 3.39. The number of hydrogen-bond acceptors (Lipinski definition) is 2. The predicted molar refractivity (Wildman–Crippen MR) is 88.8 cm³/mol. The number of carbonyl (C=O) groups is 1. The molecule has 21 heavy (non-hydrogen) atoms. The fourth-order valence-electron chi connectivity index (χ4n) is 2.40. The summed E-state index contributed by atoms with van der Waals surface area (Å²) >= 11 is 3.44. The third-order valence-corrected chi connectivity index (χ3v) is 3.85. The van der Waals surface area contributed by atoms with Gasteiger partial charge in [-0.3, -0.25) is 9.78 Å². The van der Waals surface area contributed by atoms with Crippen molar-refractivity contribution in [3.63, 3.8) is 0 Å². The van der Waals surface area contributed by atoms with Crippen molar-refractivity contribution in [1.82, 2.24) is 4.98 Å². The maximum absolute atomic E-state index is 12.6. The summed E-state index contributed by atoms with van der Waals surface area (Å²) in [7, 11) is 0. The second kappa shape index (κ2) is 5.41. The van der Waals surface area contributed by atoms with Crippen LogP contribution >= 0.6 is 15.9 Å². The monoisotopic (exact) mass is 339 g/mol. The standard InChI is InChI=1S/C18H14BrNO/c1-11-7-15(10-16(19)8-11)18(21)14-5-6-17-13(9-14)4-3-12(2)20-17/h3-10H,1-2H3. The number of hydrogen-bond donors (Lipinski definition) is 0. The van der Waals surface area contributed by atoms with Gasteiger partial charge >= 0.3 is 0 Å². The zero-order valence-corrected chi connectivity index (χ0v) is 13.4. The van der Waals surface area contributed by atoms with E-state index < -0.39 is 0 Å². The van der Waals surface area contributed by atoms with Gasteiger partial charge in [0.25, 0.3) is 0 Å². The number of pyridine rings is 1. The van der Waals surface area contributed by atoms with Crippen molar-refractivity contribution in [2.45, 2.75) is 13.8 Å². The molecule has 0 unspecified atom stereocenters. The van der Waals surface area contributed by atoms with Gasteiger partial charge in [0.2, 0.25) is 0 Å². The van der Waals surface area contributed by atoms with Crippen LogP contribution in [0.3, 0.4) is 0 Å². The summed E-state index contributed by atoms with van der Waals surface area (Å²) in [4.78, 5) is 17.1. The quantitative estimate of drug-likeness (QED) is 0.625. The molecule has 1 heterocycles. The fraction of sp³-hybridized carbons (Fsp3) is 0.111. The highest BCUT2D eigenvalue weighted by Crippen LogP contribution is 2.21. The van der Waals surface area contributed by atoms with Crippen LogP contribution in [0, 0.1) is 13.8 Å². The van der Waals surface area contributed by atoms with Crippen molar-refractivity contribution < 1.29 is 4.79 Å². The Balaban J connectivity index is 2.07. The third kappa shape index (κ3) is 2.88. The summed E-state index contributed by atoms with van der Waals surface area (Å²) in [6, 6.07) is 15.4. The molecule has 0 bridgehead atoms. The van der Waals surface area contributed by atoms with Crippen molar-refractivity contribution in [1.29, 1.82) is 0 Å². The highest BCUT2D eigenvalue weighted by atomic mass is 79.9. The first kappa shape index (κ1) is 14.0. The average Bonchev–Trinajstić information content (AvgIpc) is 2.45. The van der Waals surface area contributed by atoms with Gasteiger partial charge in [-0.15, -0.1) is 0 Å². The molecule has 1 aromatic heterocycles. The molecule has 0 saturated heterocycles. The van der Waals surface area contributed by atoms with E-state index in [0.717, 1.165) is 26.6 Å². The number of nitrogens with zero attached hydrogens (tertiary/aromatic N) is 1. The van der Waals surface area contributed by atoms with E-state index in [1.807, 2.05) is 62.4 Å². The van der Waals surface area contributed by atoms with Gasteiger partial charge in [0.1, 0.15) is 0 Å². The van der Waals surface area contributed by atoms with E-state index >= 15 is 0 Å². The number of ketones is 1. The fourth-order valence-corrected chi connectivity index (χ4v) is 3.01. The lowest BCUT2D eigenvalue weighted by molar-refractivity contribution is 0.103. The van der Waals surface area contributed by atoms with Gasteiger partial charge < -0.3 is 0 Å². The summed E-state index contributed by atoms with van der Waals surface area (Å²) in [5, 5.41) is 0.984. The van der Waals surface area contributed by atoms with Crippen LogP contribution < -0.4 is 0 Å². The van der Waals surface area contributed by atoms with Gasteiger partial charge in [0.15, 0.2) is 5.78 Å².